The van der Waals surface area contributed by atoms with Crippen molar-refractivity contribution in [3.8, 4) is 11.5 Å². The van der Waals surface area contributed by atoms with Gasteiger partial charge in [0.15, 0.2) is 11.5 Å². The summed E-state index contributed by atoms with van der Waals surface area (Å²) in [7, 11) is 5.06. The highest BCUT2D eigenvalue weighted by Gasteiger charge is 2.30. The Morgan fingerprint density at radius 3 is 2.28 bits per heavy atom. The molecule has 0 aliphatic heterocycles. The van der Waals surface area contributed by atoms with Gasteiger partial charge >= 0.3 is 6.18 Å². The van der Waals surface area contributed by atoms with E-state index in [0.29, 0.717) is 30.2 Å². The Kier molecular flexibility index (Phi) is 6.31. The predicted molar refractivity (Wildman–Crippen MR) is 91.0 cm³/mol. The second-order valence-electron chi connectivity index (χ2n) is 5.88. The lowest BCUT2D eigenvalue weighted by atomic mass is 10.1. The van der Waals surface area contributed by atoms with Gasteiger partial charge in [0, 0.05) is 13.1 Å². The first kappa shape index (κ1) is 19.1. The summed E-state index contributed by atoms with van der Waals surface area (Å²) in [6.45, 7) is 1.17. The van der Waals surface area contributed by atoms with Crippen molar-refractivity contribution in [2.24, 2.45) is 0 Å². The van der Waals surface area contributed by atoms with Crippen molar-refractivity contribution < 1.29 is 22.6 Å². The summed E-state index contributed by atoms with van der Waals surface area (Å²) in [6.07, 6.45) is -3.55. The lowest BCUT2D eigenvalue weighted by Gasteiger charge is -2.18. The van der Waals surface area contributed by atoms with Crippen molar-refractivity contribution in [2.45, 2.75) is 19.1 Å². The van der Waals surface area contributed by atoms with E-state index in [2.05, 4.69) is 0 Å². The van der Waals surface area contributed by atoms with Gasteiger partial charge in [-0.3, -0.25) is 0 Å². The van der Waals surface area contributed by atoms with Gasteiger partial charge in [0.05, 0.1) is 19.8 Å². The Labute approximate surface area is 146 Å². The maximum Gasteiger partial charge on any atom is 0.416 e. The molecule has 2 aromatic carbocycles. The van der Waals surface area contributed by atoms with Crippen LogP contribution in [-0.4, -0.2) is 32.7 Å². The van der Waals surface area contributed by atoms with Crippen LogP contribution in [0.1, 0.15) is 16.7 Å². The first-order valence-corrected chi connectivity index (χ1v) is 7.89. The number of nitrogens with zero attached hydrogens (tertiary/aromatic N) is 1. The fourth-order valence-electron chi connectivity index (χ4n) is 2.59. The van der Waals surface area contributed by atoms with Crippen LogP contribution in [0.25, 0.3) is 0 Å². The van der Waals surface area contributed by atoms with Gasteiger partial charge in [-0.05, 0) is 42.8 Å². The number of ether oxygens (including phenoxy) is 2. The summed E-state index contributed by atoms with van der Waals surface area (Å²) in [5.41, 5.74) is 1.11. The van der Waals surface area contributed by atoms with Gasteiger partial charge in [0.2, 0.25) is 0 Å². The van der Waals surface area contributed by atoms with E-state index < -0.39 is 11.7 Å². The molecule has 0 spiro atoms. The minimum Gasteiger partial charge on any atom is -0.493 e. The fourth-order valence-corrected chi connectivity index (χ4v) is 2.59. The molecule has 0 aliphatic carbocycles. The Morgan fingerprint density at radius 1 is 0.920 bits per heavy atom. The van der Waals surface area contributed by atoms with E-state index in [9.17, 15) is 13.2 Å². The van der Waals surface area contributed by atoms with Crippen molar-refractivity contribution in [1.29, 1.82) is 0 Å². The van der Waals surface area contributed by atoms with Crippen LogP contribution in [0.15, 0.2) is 42.5 Å². The van der Waals surface area contributed by atoms with Crippen molar-refractivity contribution in [2.75, 3.05) is 27.8 Å². The minimum absolute atomic E-state index is 0.456. The highest BCUT2D eigenvalue weighted by atomic mass is 19.4. The molecule has 0 amide bonds. The van der Waals surface area contributed by atoms with E-state index in [1.807, 2.05) is 30.1 Å². The number of benzene rings is 2. The fraction of sp³-hybridized carbons (Fsp3) is 0.368. The van der Waals surface area contributed by atoms with Crippen LogP contribution in [-0.2, 0) is 19.1 Å². The lowest BCUT2D eigenvalue weighted by molar-refractivity contribution is -0.137. The zero-order valence-corrected chi connectivity index (χ0v) is 14.6. The molecule has 0 saturated carbocycles. The third kappa shape index (κ3) is 5.39. The van der Waals surface area contributed by atoms with Crippen molar-refractivity contribution in [3.05, 3.63) is 59.2 Å². The number of likely N-dealkylation sites (N-methyl/N-ethyl adjacent to an activating group) is 1. The van der Waals surface area contributed by atoms with Crippen LogP contribution in [0.2, 0.25) is 0 Å². The zero-order chi connectivity index (χ0) is 18.4. The molecule has 25 heavy (non-hydrogen) atoms. The number of alkyl halides is 3. The van der Waals surface area contributed by atoms with Crippen LogP contribution in [0.3, 0.4) is 0 Å². The molecule has 0 saturated heterocycles. The molecule has 0 aliphatic rings. The normalized spacial score (nSPS) is 11.6. The van der Waals surface area contributed by atoms with Gasteiger partial charge in [-0.15, -0.1) is 0 Å². The van der Waals surface area contributed by atoms with Gasteiger partial charge in [0.1, 0.15) is 0 Å². The first-order chi connectivity index (χ1) is 11.8. The number of halogens is 3. The molecule has 0 unspecified atom stereocenters. The maximum atomic E-state index is 12.8. The first-order valence-electron chi connectivity index (χ1n) is 7.89. The van der Waals surface area contributed by atoms with Crippen LogP contribution in [0, 0.1) is 0 Å². The summed E-state index contributed by atoms with van der Waals surface area (Å²) in [4.78, 5) is 1.99. The monoisotopic (exact) mass is 353 g/mol. The zero-order valence-electron chi connectivity index (χ0n) is 14.6. The van der Waals surface area contributed by atoms with Crippen molar-refractivity contribution in [1.82, 2.24) is 4.90 Å². The summed E-state index contributed by atoms with van der Waals surface area (Å²) >= 11 is 0. The molecule has 0 radical (unpaired) electrons. The lowest BCUT2D eigenvalue weighted by Crippen LogP contribution is -2.21. The highest BCUT2D eigenvalue weighted by molar-refractivity contribution is 5.42. The second-order valence-corrected chi connectivity index (χ2v) is 5.88. The quantitative estimate of drug-likeness (QED) is 0.737. The molecule has 0 aromatic heterocycles. The van der Waals surface area contributed by atoms with Gasteiger partial charge in [-0.2, -0.15) is 13.2 Å². The van der Waals surface area contributed by atoms with Gasteiger partial charge in [-0.25, -0.2) is 0 Å². The van der Waals surface area contributed by atoms with E-state index in [1.165, 1.54) is 12.1 Å². The largest absolute Gasteiger partial charge is 0.493 e. The molecule has 136 valence electrons. The minimum atomic E-state index is -4.31. The van der Waals surface area contributed by atoms with Crippen LogP contribution >= 0.6 is 0 Å². The summed E-state index contributed by atoms with van der Waals surface area (Å²) in [5, 5.41) is 0. The summed E-state index contributed by atoms with van der Waals surface area (Å²) in [5.74, 6) is 1.34. The molecule has 0 heterocycles. The Morgan fingerprint density at radius 2 is 1.64 bits per heavy atom. The van der Waals surface area contributed by atoms with Gasteiger partial charge in [-0.1, -0.05) is 24.3 Å². The topological polar surface area (TPSA) is 21.7 Å². The molecule has 0 fully saturated rings. The molecule has 3 nitrogen and oxygen atoms in total. The van der Waals surface area contributed by atoms with Gasteiger partial charge in [0.25, 0.3) is 0 Å². The average Bonchev–Trinajstić information content (AvgIpc) is 2.59. The maximum absolute atomic E-state index is 12.8. The molecule has 2 aromatic rings. The second kappa shape index (κ2) is 8.25. The Balaban J connectivity index is 1.96. The SMILES string of the molecule is COc1ccc(CCN(C)Cc2cccc(C(F)(F)F)c2)cc1OC. The van der Waals surface area contributed by atoms with Gasteiger partial charge < -0.3 is 14.4 Å². The molecular weight excluding hydrogens is 331 g/mol. The third-order valence-corrected chi connectivity index (χ3v) is 3.94. The number of hydrogen-bond donors (Lipinski definition) is 0. The van der Waals surface area contributed by atoms with Crippen molar-refractivity contribution >= 4 is 0 Å². The van der Waals surface area contributed by atoms with E-state index in [-0.39, 0.29) is 0 Å². The summed E-state index contributed by atoms with van der Waals surface area (Å²) in [6, 6.07) is 11.2. The Bertz CT molecular complexity index is 701. The van der Waals surface area contributed by atoms with Crippen molar-refractivity contribution in [3.63, 3.8) is 0 Å². The van der Waals surface area contributed by atoms with E-state index in [0.717, 1.165) is 18.1 Å². The molecular formula is C19H22F3NO2. The third-order valence-electron chi connectivity index (χ3n) is 3.94. The molecule has 0 bridgehead atoms. The standard InChI is InChI=1S/C19H22F3NO2/c1-23(13-15-5-4-6-16(11-15)19(20,21)22)10-9-14-7-8-17(24-2)18(12-14)25-3/h4-8,11-12H,9-10,13H2,1-3H3. The van der Waals surface area contributed by atoms with E-state index in [1.54, 1.807) is 20.3 Å². The molecule has 0 atom stereocenters. The molecule has 0 N–H and O–H groups in total. The number of methoxy groups -OCH3 is 2. The number of hydrogen-bond acceptors (Lipinski definition) is 3. The number of rotatable bonds is 7. The van der Waals surface area contributed by atoms with Crippen LogP contribution in [0.4, 0.5) is 13.2 Å². The van der Waals surface area contributed by atoms with E-state index >= 15 is 0 Å². The van der Waals surface area contributed by atoms with Crippen LogP contribution in [0.5, 0.6) is 11.5 Å². The molecule has 2 rings (SSSR count). The molecule has 6 heteroatoms. The smallest absolute Gasteiger partial charge is 0.416 e. The Hall–Kier alpha value is -2.21. The van der Waals surface area contributed by atoms with E-state index in [4.69, 9.17) is 9.47 Å². The van der Waals surface area contributed by atoms with Crippen LogP contribution < -0.4 is 9.47 Å². The predicted octanol–water partition coefficient (Wildman–Crippen LogP) is 4.40. The summed E-state index contributed by atoms with van der Waals surface area (Å²) < 4.78 is 48.8. The highest BCUT2D eigenvalue weighted by Crippen LogP contribution is 2.30. The average molecular weight is 353 g/mol.